The quantitative estimate of drug-likeness (QED) is 0.465. The highest BCUT2D eigenvalue weighted by molar-refractivity contribution is 7.21. The first kappa shape index (κ1) is 19.7. The van der Waals surface area contributed by atoms with Gasteiger partial charge in [-0.05, 0) is 35.7 Å². The minimum absolute atomic E-state index is 0.108. The minimum atomic E-state index is 0.108. The number of hydrogen-bond donors (Lipinski definition) is 0. The summed E-state index contributed by atoms with van der Waals surface area (Å²) >= 11 is 1.69. The van der Waals surface area contributed by atoms with Crippen molar-refractivity contribution in [3.05, 3.63) is 78.1 Å². The Balaban J connectivity index is 1.33. The van der Waals surface area contributed by atoms with Crippen LogP contribution in [0.4, 0.5) is 5.82 Å². The van der Waals surface area contributed by atoms with Gasteiger partial charge in [-0.2, -0.15) is 0 Å². The number of amides is 1. The molecular weight excluding hydrogens is 404 g/mol. The van der Waals surface area contributed by atoms with Crippen LogP contribution in [0.5, 0.6) is 0 Å². The molecule has 5 rings (SSSR count). The van der Waals surface area contributed by atoms with E-state index >= 15 is 0 Å². The Hall–Kier alpha value is -3.25. The molecule has 0 aliphatic carbocycles. The Labute approximate surface area is 186 Å². The highest BCUT2D eigenvalue weighted by Crippen LogP contribution is 2.36. The molecule has 0 saturated carbocycles. The van der Waals surface area contributed by atoms with Gasteiger partial charge < -0.3 is 9.80 Å². The van der Waals surface area contributed by atoms with Crippen LogP contribution in [0.1, 0.15) is 22.8 Å². The molecule has 0 atom stereocenters. The van der Waals surface area contributed by atoms with Crippen LogP contribution in [0, 0.1) is 0 Å². The molecule has 0 bridgehead atoms. The second-order valence-corrected chi connectivity index (χ2v) is 8.75. The molecule has 3 heterocycles. The summed E-state index contributed by atoms with van der Waals surface area (Å²) in [6, 6.07) is 20.5. The van der Waals surface area contributed by atoms with Crippen molar-refractivity contribution >= 4 is 33.3 Å². The van der Waals surface area contributed by atoms with Crippen molar-refractivity contribution in [3.8, 4) is 10.4 Å². The second kappa shape index (κ2) is 8.47. The highest BCUT2D eigenvalue weighted by Gasteiger charge is 2.24. The lowest BCUT2D eigenvalue weighted by atomic mass is 10.1. The van der Waals surface area contributed by atoms with E-state index in [4.69, 9.17) is 0 Å². The van der Waals surface area contributed by atoms with Crippen molar-refractivity contribution in [1.82, 2.24) is 14.9 Å². The third-order valence-corrected chi connectivity index (χ3v) is 6.93. The SMILES string of the molecule is CCc1ccc(C(=O)N2CCN(c3ncnc4sc(-c5ccccc5)cc34)CC2)cc1. The average Bonchev–Trinajstić information content (AvgIpc) is 3.29. The lowest BCUT2D eigenvalue weighted by Gasteiger charge is -2.35. The topological polar surface area (TPSA) is 49.3 Å². The van der Waals surface area contributed by atoms with Gasteiger partial charge in [0.25, 0.3) is 5.91 Å². The van der Waals surface area contributed by atoms with Crippen LogP contribution in [0.25, 0.3) is 20.7 Å². The molecule has 4 aromatic rings. The molecule has 1 aliphatic rings. The zero-order valence-corrected chi connectivity index (χ0v) is 18.3. The first-order valence-electron chi connectivity index (χ1n) is 10.7. The number of carbonyl (C=O) groups is 1. The summed E-state index contributed by atoms with van der Waals surface area (Å²) in [7, 11) is 0. The monoisotopic (exact) mass is 428 g/mol. The third-order valence-electron chi connectivity index (χ3n) is 5.84. The number of aromatic nitrogens is 2. The smallest absolute Gasteiger partial charge is 0.253 e. The molecule has 156 valence electrons. The van der Waals surface area contributed by atoms with E-state index in [1.165, 1.54) is 16.0 Å². The van der Waals surface area contributed by atoms with Gasteiger partial charge in [0.05, 0.1) is 5.39 Å². The Morgan fingerprint density at radius 2 is 1.71 bits per heavy atom. The van der Waals surface area contributed by atoms with Gasteiger partial charge in [0.1, 0.15) is 17.0 Å². The number of rotatable bonds is 4. The second-order valence-electron chi connectivity index (χ2n) is 7.72. The first-order chi connectivity index (χ1) is 15.2. The lowest BCUT2D eigenvalue weighted by molar-refractivity contribution is 0.0746. The molecule has 1 aliphatic heterocycles. The number of carbonyl (C=O) groups excluding carboxylic acids is 1. The number of piperazine rings is 1. The van der Waals surface area contributed by atoms with Crippen LogP contribution in [0.15, 0.2) is 67.0 Å². The molecule has 0 N–H and O–H groups in total. The Kier molecular flexibility index (Phi) is 5.38. The van der Waals surface area contributed by atoms with Gasteiger partial charge in [-0.15, -0.1) is 11.3 Å². The third kappa shape index (κ3) is 3.91. The average molecular weight is 429 g/mol. The van der Waals surface area contributed by atoms with Crippen molar-refractivity contribution < 1.29 is 4.79 Å². The number of thiophene rings is 1. The molecule has 2 aromatic heterocycles. The van der Waals surface area contributed by atoms with Gasteiger partial charge in [0.15, 0.2) is 0 Å². The van der Waals surface area contributed by atoms with Crippen molar-refractivity contribution in [2.45, 2.75) is 13.3 Å². The predicted molar refractivity (Wildman–Crippen MR) is 127 cm³/mol. The number of nitrogens with zero attached hydrogens (tertiary/aromatic N) is 4. The van der Waals surface area contributed by atoms with E-state index in [9.17, 15) is 4.79 Å². The summed E-state index contributed by atoms with van der Waals surface area (Å²) < 4.78 is 0. The van der Waals surface area contributed by atoms with Gasteiger partial charge >= 0.3 is 0 Å². The molecule has 1 fully saturated rings. The fourth-order valence-electron chi connectivity index (χ4n) is 4.03. The van der Waals surface area contributed by atoms with E-state index < -0.39 is 0 Å². The van der Waals surface area contributed by atoms with Crippen molar-refractivity contribution in [2.24, 2.45) is 0 Å². The van der Waals surface area contributed by atoms with Gasteiger partial charge in [0, 0.05) is 36.6 Å². The van der Waals surface area contributed by atoms with Gasteiger partial charge in [-0.25, -0.2) is 9.97 Å². The molecule has 5 nitrogen and oxygen atoms in total. The molecule has 0 radical (unpaired) electrons. The summed E-state index contributed by atoms with van der Waals surface area (Å²) in [5, 5.41) is 1.08. The minimum Gasteiger partial charge on any atom is -0.352 e. The maximum Gasteiger partial charge on any atom is 0.253 e. The van der Waals surface area contributed by atoms with E-state index in [-0.39, 0.29) is 5.91 Å². The standard InChI is InChI=1S/C25H24N4OS/c1-2-18-8-10-20(11-9-18)25(30)29-14-12-28(13-15-29)23-21-16-22(19-6-4-3-5-7-19)31-24(21)27-17-26-23/h3-11,16-17H,2,12-15H2,1H3. The van der Waals surface area contributed by atoms with E-state index in [1.54, 1.807) is 17.7 Å². The largest absolute Gasteiger partial charge is 0.352 e. The normalized spacial score (nSPS) is 14.2. The summed E-state index contributed by atoms with van der Waals surface area (Å²) in [5.41, 5.74) is 3.21. The number of aryl methyl sites for hydroxylation is 1. The fourth-order valence-corrected chi connectivity index (χ4v) is 5.03. The van der Waals surface area contributed by atoms with E-state index in [1.807, 2.05) is 35.2 Å². The number of hydrogen-bond acceptors (Lipinski definition) is 5. The molecule has 1 saturated heterocycles. The van der Waals surface area contributed by atoms with Crippen molar-refractivity contribution in [1.29, 1.82) is 0 Å². The van der Waals surface area contributed by atoms with Crippen molar-refractivity contribution in [3.63, 3.8) is 0 Å². The predicted octanol–water partition coefficient (Wildman–Crippen LogP) is 4.88. The van der Waals surface area contributed by atoms with Gasteiger partial charge in [-0.3, -0.25) is 4.79 Å². The zero-order chi connectivity index (χ0) is 21.2. The molecule has 0 unspecified atom stereocenters. The van der Waals surface area contributed by atoms with Crippen LogP contribution < -0.4 is 4.90 Å². The van der Waals surface area contributed by atoms with Gasteiger partial charge in [-0.1, -0.05) is 49.4 Å². The first-order valence-corrected chi connectivity index (χ1v) is 11.5. The summed E-state index contributed by atoms with van der Waals surface area (Å²) in [6.45, 7) is 5.03. The molecule has 1 amide bonds. The van der Waals surface area contributed by atoms with Crippen molar-refractivity contribution in [2.75, 3.05) is 31.1 Å². The zero-order valence-electron chi connectivity index (χ0n) is 17.5. The van der Waals surface area contributed by atoms with Crippen LogP contribution >= 0.6 is 11.3 Å². The fraction of sp³-hybridized carbons (Fsp3) is 0.240. The molecule has 0 spiro atoms. The van der Waals surface area contributed by atoms with E-state index in [2.05, 4.69) is 52.1 Å². The van der Waals surface area contributed by atoms with E-state index in [0.29, 0.717) is 13.1 Å². The maximum absolute atomic E-state index is 12.9. The lowest BCUT2D eigenvalue weighted by Crippen LogP contribution is -2.49. The summed E-state index contributed by atoms with van der Waals surface area (Å²) in [5.74, 6) is 1.07. The van der Waals surface area contributed by atoms with Crippen LogP contribution in [-0.4, -0.2) is 47.0 Å². The molecule has 6 heteroatoms. The summed E-state index contributed by atoms with van der Waals surface area (Å²) in [6.07, 6.45) is 2.63. The van der Waals surface area contributed by atoms with E-state index in [0.717, 1.165) is 41.1 Å². The van der Waals surface area contributed by atoms with Crippen LogP contribution in [0.3, 0.4) is 0 Å². The Bertz CT molecular complexity index is 1200. The summed E-state index contributed by atoms with van der Waals surface area (Å²) in [4.78, 5) is 28.4. The molecule has 31 heavy (non-hydrogen) atoms. The maximum atomic E-state index is 12.9. The number of fused-ring (bicyclic) bond motifs is 1. The molecular formula is C25H24N4OS. The van der Waals surface area contributed by atoms with Crippen LogP contribution in [-0.2, 0) is 6.42 Å². The molecule has 2 aromatic carbocycles. The Morgan fingerprint density at radius 3 is 2.42 bits per heavy atom. The number of benzene rings is 2. The Morgan fingerprint density at radius 1 is 0.968 bits per heavy atom. The van der Waals surface area contributed by atoms with Crippen LogP contribution in [0.2, 0.25) is 0 Å². The highest BCUT2D eigenvalue weighted by atomic mass is 32.1. The van der Waals surface area contributed by atoms with Gasteiger partial charge in [0.2, 0.25) is 0 Å². The number of anilines is 1.